The van der Waals surface area contributed by atoms with E-state index in [0.29, 0.717) is 11.3 Å². The van der Waals surface area contributed by atoms with Gasteiger partial charge in [0, 0.05) is 6.07 Å². The summed E-state index contributed by atoms with van der Waals surface area (Å²) in [5, 5.41) is 0.187. The molecule has 0 radical (unpaired) electrons. The average Bonchev–Trinajstić information content (AvgIpc) is 2.21. The van der Waals surface area contributed by atoms with E-state index >= 15 is 0 Å². The normalized spacial score (nSPS) is 10.3. The zero-order valence-corrected chi connectivity index (χ0v) is 9.70. The van der Waals surface area contributed by atoms with Crippen molar-refractivity contribution in [3.05, 3.63) is 40.8 Å². The molecule has 0 aliphatic carbocycles. The van der Waals surface area contributed by atoms with E-state index in [1.807, 2.05) is 0 Å². The monoisotopic (exact) mass is 253 g/mol. The van der Waals surface area contributed by atoms with E-state index in [1.54, 1.807) is 6.92 Å². The molecule has 0 saturated heterocycles. The van der Waals surface area contributed by atoms with Crippen LogP contribution in [0.1, 0.15) is 5.56 Å². The Kier molecular flexibility index (Phi) is 3.10. The van der Waals surface area contributed by atoms with Crippen LogP contribution in [-0.4, -0.2) is 9.97 Å². The van der Waals surface area contributed by atoms with E-state index in [9.17, 15) is 4.39 Å². The van der Waals surface area contributed by atoms with Gasteiger partial charge in [0.25, 0.3) is 0 Å². The quantitative estimate of drug-likeness (QED) is 0.836. The summed E-state index contributed by atoms with van der Waals surface area (Å²) in [6, 6.07) is 5.60. The second-order valence-electron chi connectivity index (χ2n) is 3.40. The number of hydrogen-bond donors (Lipinski definition) is 1. The Hall–Kier alpha value is -1.88. The number of ether oxygens (including phenoxy) is 1. The molecule has 2 aromatic rings. The van der Waals surface area contributed by atoms with E-state index in [0.717, 1.165) is 0 Å². The van der Waals surface area contributed by atoms with Crippen LogP contribution in [0.3, 0.4) is 0 Å². The second-order valence-corrected chi connectivity index (χ2v) is 3.79. The predicted molar refractivity (Wildman–Crippen MR) is 62.7 cm³/mol. The molecule has 88 valence electrons. The summed E-state index contributed by atoms with van der Waals surface area (Å²) >= 11 is 5.71. The first-order valence-corrected chi connectivity index (χ1v) is 5.16. The van der Waals surface area contributed by atoms with Gasteiger partial charge in [-0.2, -0.15) is 4.98 Å². The van der Waals surface area contributed by atoms with Crippen molar-refractivity contribution in [3.8, 4) is 11.6 Å². The fraction of sp³-hybridized carbons (Fsp3) is 0.0909. The predicted octanol–water partition coefficient (Wildman–Crippen LogP) is 2.95. The molecule has 6 heteroatoms. The van der Waals surface area contributed by atoms with Crippen molar-refractivity contribution in [2.45, 2.75) is 6.92 Å². The van der Waals surface area contributed by atoms with Gasteiger partial charge in [-0.15, -0.1) is 0 Å². The molecule has 4 nitrogen and oxygen atoms in total. The Labute approximate surface area is 102 Å². The molecular weight excluding hydrogens is 245 g/mol. The zero-order valence-electron chi connectivity index (χ0n) is 8.95. The third-order valence-corrected chi connectivity index (χ3v) is 2.23. The molecule has 0 aliphatic heterocycles. The highest BCUT2D eigenvalue weighted by atomic mass is 35.5. The van der Waals surface area contributed by atoms with Gasteiger partial charge in [-0.1, -0.05) is 11.6 Å². The molecule has 0 atom stereocenters. The molecule has 17 heavy (non-hydrogen) atoms. The van der Waals surface area contributed by atoms with Crippen LogP contribution in [0.2, 0.25) is 5.15 Å². The van der Waals surface area contributed by atoms with Gasteiger partial charge in [0.2, 0.25) is 11.8 Å². The van der Waals surface area contributed by atoms with Crippen LogP contribution in [0, 0.1) is 12.7 Å². The van der Waals surface area contributed by atoms with Gasteiger partial charge >= 0.3 is 0 Å². The first kappa shape index (κ1) is 11.6. The van der Waals surface area contributed by atoms with Crippen LogP contribution in [-0.2, 0) is 0 Å². The maximum absolute atomic E-state index is 12.9. The number of nitrogen functional groups attached to an aromatic ring is 1. The van der Waals surface area contributed by atoms with Crippen molar-refractivity contribution < 1.29 is 9.13 Å². The minimum Gasteiger partial charge on any atom is -0.439 e. The van der Waals surface area contributed by atoms with Crippen LogP contribution < -0.4 is 10.5 Å². The van der Waals surface area contributed by atoms with Gasteiger partial charge in [-0.25, -0.2) is 9.37 Å². The van der Waals surface area contributed by atoms with E-state index in [-0.39, 0.29) is 22.8 Å². The molecule has 0 bridgehead atoms. The van der Waals surface area contributed by atoms with Crippen molar-refractivity contribution in [3.63, 3.8) is 0 Å². The summed E-state index contributed by atoms with van der Waals surface area (Å²) in [5.41, 5.74) is 6.08. The maximum atomic E-state index is 12.9. The summed E-state index contributed by atoms with van der Waals surface area (Å²) in [4.78, 5) is 7.56. The molecule has 0 spiro atoms. The van der Waals surface area contributed by atoms with Crippen molar-refractivity contribution in [2.75, 3.05) is 5.73 Å². The number of nitrogens with zero attached hydrogens (tertiary/aromatic N) is 2. The molecule has 2 rings (SSSR count). The van der Waals surface area contributed by atoms with E-state index in [4.69, 9.17) is 22.1 Å². The topological polar surface area (TPSA) is 61.0 Å². The Morgan fingerprint density at radius 2 is 2.06 bits per heavy atom. The lowest BCUT2D eigenvalue weighted by atomic mass is 10.2. The Morgan fingerprint density at radius 1 is 1.29 bits per heavy atom. The standard InChI is InChI=1S/C11H9ClFN3O/c1-6-4-7(13)2-3-8(6)17-10-5-9(12)15-11(14)16-10/h2-5H,1H3,(H2,14,15,16). The molecule has 0 aliphatic rings. The first-order valence-electron chi connectivity index (χ1n) is 4.78. The average molecular weight is 254 g/mol. The number of rotatable bonds is 2. The van der Waals surface area contributed by atoms with Crippen molar-refractivity contribution in [1.82, 2.24) is 9.97 Å². The summed E-state index contributed by atoms with van der Waals surface area (Å²) in [6.45, 7) is 1.73. The second kappa shape index (κ2) is 4.55. The molecular formula is C11H9ClFN3O. The Bertz CT molecular complexity index is 542. The maximum Gasteiger partial charge on any atom is 0.225 e. The molecule has 2 N–H and O–H groups in total. The van der Waals surface area contributed by atoms with E-state index < -0.39 is 0 Å². The number of hydrogen-bond acceptors (Lipinski definition) is 4. The lowest BCUT2D eigenvalue weighted by Gasteiger charge is -2.08. The van der Waals surface area contributed by atoms with Crippen molar-refractivity contribution in [1.29, 1.82) is 0 Å². The van der Waals surface area contributed by atoms with Crippen LogP contribution in [0.4, 0.5) is 10.3 Å². The molecule has 1 aromatic heterocycles. The number of anilines is 1. The molecule has 0 amide bonds. The van der Waals surface area contributed by atoms with E-state index in [1.165, 1.54) is 24.3 Å². The van der Waals surface area contributed by atoms with E-state index in [2.05, 4.69) is 9.97 Å². The number of aromatic nitrogens is 2. The van der Waals surface area contributed by atoms with Crippen LogP contribution in [0.15, 0.2) is 24.3 Å². The fourth-order valence-corrected chi connectivity index (χ4v) is 1.49. The highest BCUT2D eigenvalue weighted by Crippen LogP contribution is 2.25. The largest absolute Gasteiger partial charge is 0.439 e. The zero-order chi connectivity index (χ0) is 12.4. The minimum atomic E-state index is -0.324. The highest BCUT2D eigenvalue weighted by Gasteiger charge is 2.06. The third kappa shape index (κ3) is 2.82. The van der Waals surface area contributed by atoms with Gasteiger partial charge in [0.1, 0.15) is 16.7 Å². The van der Waals surface area contributed by atoms with Gasteiger partial charge in [-0.3, -0.25) is 0 Å². The molecule has 0 unspecified atom stereocenters. The van der Waals surface area contributed by atoms with Crippen LogP contribution >= 0.6 is 11.6 Å². The van der Waals surface area contributed by atoms with Crippen molar-refractivity contribution in [2.24, 2.45) is 0 Å². The smallest absolute Gasteiger partial charge is 0.225 e. The van der Waals surface area contributed by atoms with Crippen LogP contribution in [0.5, 0.6) is 11.6 Å². The minimum absolute atomic E-state index is 0.0206. The van der Waals surface area contributed by atoms with Gasteiger partial charge in [-0.05, 0) is 30.7 Å². The Morgan fingerprint density at radius 3 is 2.71 bits per heavy atom. The number of benzene rings is 1. The molecule has 0 fully saturated rings. The van der Waals surface area contributed by atoms with Gasteiger partial charge in [0.15, 0.2) is 0 Å². The van der Waals surface area contributed by atoms with Gasteiger partial charge in [0.05, 0.1) is 0 Å². The van der Waals surface area contributed by atoms with Crippen molar-refractivity contribution >= 4 is 17.5 Å². The summed E-state index contributed by atoms with van der Waals surface area (Å²) in [5.74, 6) is 0.403. The third-order valence-electron chi connectivity index (χ3n) is 2.04. The summed E-state index contributed by atoms with van der Waals surface area (Å²) in [7, 11) is 0. The highest BCUT2D eigenvalue weighted by molar-refractivity contribution is 6.29. The van der Waals surface area contributed by atoms with Gasteiger partial charge < -0.3 is 10.5 Å². The lowest BCUT2D eigenvalue weighted by molar-refractivity contribution is 0.457. The first-order chi connectivity index (χ1) is 8.04. The lowest BCUT2D eigenvalue weighted by Crippen LogP contribution is -1.98. The summed E-state index contributed by atoms with van der Waals surface area (Å²) < 4.78 is 18.3. The number of halogens is 2. The molecule has 0 saturated carbocycles. The Balaban J connectivity index is 2.31. The molecule has 1 aromatic carbocycles. The SMILES string of the molecule is Cc1cc(F)ccc1Oc1cc(Cl)nc(N)n1. The van der Waals surface area contributed by atoms with Crippen LogP contribution in [0.25, 0.3) is 0 Å². The summed E-state index contributed by atoms with van der Waals surface area (Å²) in [6.07, 6.45) is 0. The number of aryl methyl sites for hydroxylation is 1. The fourth-order valence-electron chi connectivity index (χ4n) is 1.31. The molecule has 1 heterocycles. The number of nitrogens with two attached hydrogens (primary N) is 1.